The number of nitrogens with two attached hydrogens (primary N) is 2. The maximum atomic E-state index is 12.5. The van der Waals surface area contributed by atoms with Crippen LogP contribution < -0.4 is 20.9 Å². The quantitative estimate of drug-likeness (QED) is 0.492. The minimum atomic E-state index is -0.872. The second-order valence-corrected chi connectivity index (χ2v) is 8.25. The molecular weight excluding hydrogens is 360 g/mol. The van der Waals surface area contributed by atoms with E-state index in [0.29, 0.717) is 18.4 Å². The normalized spacial score (nSPS) is 13.0. The maximum Gasteiger partial charge on any atom is 0.317 e. The Morgan fingerprint density at radius 3 is 1.82 bits per heavy atom. The fourth-order valence-corrected chi connectivity index (χ4v) is 1.96. The summed E-state index contributed by atoms with van der Waals surface area (Å²) in [6, 6.07) is 3.87. The lowest BCUT2D eigenvalue weighted by molar-refractivity contribution is -0.147. The largest absolute Gasteiger partial charge is 0.422 e. The van der Waals surface area contributed by atoms with E-state index in [9.17, 15) is 14.4 Å². The topological polar surface area (TPSA) is 122 Å². The summed E-state index contributed by atoms with van der Waals surface area (Å²) in [6.07, 6.45) is 1.34. The minimum absolute atomic E-state index is 0.112. The molecule has 0 aliphatic rings. The number of benzene rings is 1. The zero-order valence-electron chi connectivity index (χ0n) is 17.6. The van der Waals surface area contributed by atoms with Crippen LogP contribution in [0.4, 0.5) is 0 Å². The third-order valence-electron chi connectivity index (χ3n) is 5.11. The lowest BCUT2D eigenvalue weighted by Gasteiger charge is -2.23. The van der Waals surface area contributed by atoms with Gasteiger partial charge in [-0.05, 0) is 64.7 Å². The predicted molar refractivity (Wildman–Crippen MR) is 107 cm³/mol. The Morgan fingerprint density at radius 2 is 1.39 bits per heavy atom. The number of amides is 1. The summed E-state index contributed by atoms with van der Waals surface area (Å²) in [5.74, 6) is -1.25. The van der Waals surface area contributed by atoms with Gasteiger partial charge in [0.25, 0.3) is 0 Å². The van der Waals surface area contributed by atoms with Gasteiger partial charge in [0.2, 0.25) is 5.91 Å². The van der Waals surface area contributed by atoms with Crippen molar-refractivity contribution in [3.05, 3.63) is 23.8 Å². The molecule has 1 rings (SSSR count). The number of hydrogen-bond acceptors (Lipinski definition) is 6. The molecule has 0 unspecified atom stereocenters. The molecule has 0 spiro atoms. The molecule has 1 amide bonds. The van der Waals surface area contributed by atoms with Gasteiger partial charge < -0.3 is 20.9 Å². The maximum absolute atomic E-state index is 12.5. The summed E-state index contributed by atoms with van der Waals surface area (Å²) in [4.78, 5) is 36.2. The van der Waals surface area contributed by atoms with E-state index in [1.807, 2.05) is 13.8 Å². The molecule has 0 radical (unpaired) electrons. The van der Waals surface area contributed by atoms with E-state index in [2.05, 4.69) is 0 Å². The second-order valence-electron chi connectivity index (χ2n) is 8.25. The number of rotatable bonds is 9. The van der Waals surface area contributed by atoms with Crippen LogP contribution >= 0.6 is 0 Å². The van der Waals surface area contributed by atoms with E-state index in [0.717, 1.165) is 0 Å². The van der Waals surface area contributed by atoms with Crippen molar-refractivity contribution in [2.45, 2.75) is 66.8 Å². The van der Waals surface area contributed by atoms with Gasteiger partial charge in [0.15, 0.2) is 11.5 Å². The summed E-state index contributed by atoms with van der Waals surface area (Å²) in [5, 5.41) is 0. The molecule has 1 atom stereocenters. The van der Waals surface area contributed by atoms with Crippen molar-refractivity contribution in [1.29, 1.82) is 0 Å². The van der Waals surface area contributed by atoms with E-state index in [1.54, 1.807) is 39.8 Å². The molecule has 0 aliphatic carbocycles. The zero-order valence-corrected chi connectivity index (χ0v) is 17.6. The Bertz CT molecular complexity index is 740. The number of esters is 2. The number of ether oxygens (including phenoxy) is 2. The van der Waals surface area contributed by atoms with Crippen molar-refractivity contribution in [2.24, 2.45) is 22.3 Å². The third kappa shape index (κ3) is 6.05. The molecule has 1 aromatic carbocycles. The van der Waals surface area contributed by atoms with Crippen molar-refractivity contribution in [1.82, 2.24) is 0 Å². The van der Waals surface area contributed by atoms with Crippen molar-refractivity contribution in [3.63, 3.8) is 0 Å². The summed E-state index contributed by atoms with van der Waals surface area (Å²) in [7, 11) is 0. The Hall–Kier alpha value is -2.41. The van der Waals surface area contributed by atoms with E-state index >= 15 is 0 Å². The molecule has 0 bridgehead atoms. The van der Waals surface area contributed by atoms with Crippen LogP contribution in [-0.4, -0.2) is 23.9 Å². The monoisotopic (exact) mass is 392 g/mol. The first kappa shape index (κ1) is 23.6. The van der Waals surface area contributed by atoms with Crippen LogP contribution in [0.15, 0.2) is 18.2 Å². The van der Waals surface area contributed by atoms with Crippen LogP contribution in [0.25, 0.3) is 0 Å². The lowest BCUT2D eigenvalue weighted by Crippen LogP contribution is -2.38. The number of primary amides is 1. The lowest BCUT2D eigenvalue weighted by atomic mass is 9.90. The summed E-state index contributed by atoms with van der Waals surface area (Å²) >= 11 is 0. The van der Waals surface area contributed by atoms with Gasteiger partial charge in [-0.15, -0.1) is 0 Å². The van der Waals surface area contributed by atoms with Gasteiger partial charge >= 0.3 is 11.9 Å². The molecule has 0 heterocycles. The standard InChI is InChI=1S/C21H32N2O5/c1-7-20(3,4)18(25)27-15-10-9-13(11-14(22)17(23)24)12-16(15)28-19(26)21(5,6)8-2/h9-10,12,14H,7-8,11,22H2,1-6H3,(H2,23,24)/t14-/m0/s1. The molecule has 0 aromatic heterocycles. The molecule has 0 aliphatic heterocycles. The van der Waals surface area contributed by atoms with Crippen LogP contribution in [0, 0.1) is 10.8 Å². The van der Waals surface area contributed by atoms with Crippen LogP contribution in [0.1, 0.15) is 59.9 Å². The van der Waals surface area contributed by atoms with Gasteiger partial charge in [-0.2, -0.15) is 0 Å². The van der Waals surface area contributed by atoms with Gasteiger partial charge in [-0.1, -0.05) is 19.9 Å². The van der Waals surface area contributed by atoms with Gasteiger partial charge in [-0.3, -0.25) is 14.4 Å². The average molecular weight is 392 g/mol. The van der Waals surface area contributed by atoms with Crippen molar-refractivity contribution >= 4 is 17.8 Å². The smallest absolute Gasteiger partial charge is 0.317 e. The molecule has 7 heteroatoms. The number of carbonyl (C=O) groups excluding carboxylic acids is 3. The first-order chi connectivity index (χ1) is 12.8. The molecule has 7 nitrogen and oxygen atoms in total. The van der Waals surface area contributed by atoms with Gasteiger partial charge in [0.1, 0.15) is 0 Å². The number of hydrogen-bond donors (Lipinski definition) is 2. The average Bonchev–Trinajstić information content (AvgIpc) is 2.63. The predicted octanol–water partition coefficient (Wildman–Crippen LogP) is 2.72. The molecule has 1 aromatic rings. The molecular formula is C21H32N2O5. The van der Waals surface area contributed by atoms with Crippen molar-refractivity contribution < 1.29 is 23.9 Å². The fraction of sp³-hybridized carbons (Fsp3) is 0.571. The van der Waals surface area contributed by atoms with E-state index in [1.165, 1.54) is 6.07 Å². The summed E-state index contributed by atoms with van der Waals surface area (Å²) in [6.45, 7) is 10.9. The third-order valence-corrected chi connectivity index (χ3v) is 5.11. The molecule has 0 saturated carbocycles. The Kier molecular flexibility index (Phi) is 7.75. The van der Waals surface area contributed by atoms with Gasteiger partial charge in [0, 0.05) is 0 Å². The highest BCUT2D eigenvalue weighted by molar-refractivity contribution is 5.82. The summed E-state index contributed by atoms with van der Waals surface area (Å²) < 4.78 is 11.1. The van der Waals surface area contributed by atoms with E-state index in [-0.39, 0.29) is 17.9 Å². The molecule has 156 valence electrons. The minimum Gasteiger partial charge on any atom is -0.422 e. The molecule has 4 N–H and O–H groups in total. The highest BCUT2D eigenvalue weighted by Gasteiger charge is 2.31. The number of carbonyl (C=O) groups is 3. The second kappa shape index (κ2) is 9.19. The zero-order chi connectivity index (χ0) is 21.7. The van der Waals surface area contributed by atoms with Gasteiger partial charge in [-0.25, -0.2) is 0 Å². The Balaban J connectivity index is 3.24. The molecule has 28 heavy (non-hydrogen) atoms. The fourth-order valence-electron chi connectivity index (χ4n) is 1.96. The van der Waals surface area contributed by atoms with Crippen molar-refractivity contribution in [2.75, 3.05) is 0 Å². The first-order valence-electron chi connectivity index (χ1n) is 9.46. The highest BCUT2D eigenvalue weighted by Crippen LogP contribution is 2.34. The summed E-state index contributed by atoms with van der Waals surface area (Å²) in [5.41, 5.74) is 10.2. The highest BCUT2D eigenvalue weighted by atomic mass is 16.6. The van der Waals surface area contributed by atoms with Crippen LogP contribution in [0.5, 0.6) is 11.5 Å². The SMILES string of the molecule is CCC(C)(C)C(=O)Oc1ccc(C[C@H](N)C(N)=O)cc1OC(=O)C(C)(C)CC. The van der Waals surface area contributed by atoms with E-state index in [4.69, 9.17) is 20.9 Å². The first-order valence-corrected chi connectivity index (χ1v) is 9.46. The van der Waals surface area contributed by atoms with Gasteiger partial charge in [0.05, 0.1) is 16.9 Å². The Morgan fingerprint density at radius 1 is 0.929 bits per heavy atom. The van der Waals surface area contributed by atoms with Crippen molar-refractivity contribution in [3.8, 4) is 11.5 Å². The molecule has 0 fully saturated rings. The Labute approximate surface area is 166 Å². The van der Waals surface area contributed by atoms with E-state index < -0.39 is 34.7 Å². The molecule has 0 saturated heterocycles. The van der Waals surface area contributed by atoms with Crippen LogP contribution in [0.3, 0.4) is 0 Å². The van der Waals surface area contributed by atoms with Crippen LogP contribution in [-0.2, 0) is 20.8 Å². The van der Waals surface area contributed by atoms with Crippen LogP contribution in [0.2, 0.25) is 0 Å².